The molecule has 0 saturated carbocycles. The number of methoxy groups -OCH3 is 2. The molecule has 0 heterocycles. The lowest BCUT2D eigenvalue weighted by molar-refractivity contribution is 0.101. The van der Waals surface area contributed by atoms with E-state index in [0.717, 1.165) is 11.1 Å². The van der Waals surface area contributed by atoms with E-state index in [1.54, 1.807) is 48.5 Å². The Hall–Kier alpha value is -4.72. The second-order valence-electron chi connectivity index (χ2n) is 7.70. The lowest BCUT2D eigenvalue weighted by Crippen LogP contribution is -2.14. The van der Waals surface area contributed by atoms with Crippen LogP contribution in [-0.4, -0.2) is 26.0 Å². The van der Waals surface area contributed by atoms with Crippen LogP contribution in [0.5, 0.6) is 11.5 Å². The molecular weight excluding hydrogens is 466 g/mol. The number of halogens is 2. The van der Waals surface area contributed by atoms with Crippen LogP contribution in [0.15, 0.2) is 84.9 Å². The quantitative estimate of drug-likeness (QED) is 0.327. The molecule has 4 aromatic rings. The Morgan fingerprint density at radius 3 is 1.36 bits per heavy atom. The van der Waals surface area contributed by atoms with Crippen LogP contribution in [0.25, 0.3) is 11.1 Å². The van der Waals surface area contributed by atoms with Crippen LogP contribution in [0, 0.1) is 11.6 Å². The van der Waals surface area contributed by atoms with E-state index >= 15 is 0 Å². The van der Waals surface area contributed by atoms with Gasteiger partial charge in [0.15, 0.2) is 0 Å². The van der Waals surface area contributed by atoms with Gasteiger partial charge in [-0.3, -0.25) is 9.59 Å². The molecule has 0 aliphatic heterocycles. The van der Waals surface area contributed by atoms with Gasteiger partial charge in [0.1, 0.15) is 23.1 Å². The molecule has 4 aromatic carbocycles. The maximum Gasteiger partial charge on any atom is 0.258 e. The van der Waals surface area contributed by atoms with Gasteiger partial charge in [-0.05, 0) is 59.7 Å². The Bertz CT molecular complexity index is 1330. The summed E-state index contributed by atoms with van der Waals surface area (Å²) in [6.45, 7) is 0. The lowest BCUT2D eigenvalue weighted by Gasteiger charge is -2.15. The first kappa shape index (κ1) is 24.4. The zero-order chi connectivity index (χ0) is 25.7. The number of benzene rings is 4. The summed E-state index contributed by atoms with van der Waals surface area (Å²) in [6, 6.07) is 21.6. The third kappa shape index (κ3) is 5.17. The molecule has 0 aromatic heterocycles. The molecule has 36 heavy (non-hydrogen) atoms. The van der Waals surface area contributed by atoms with Crippen molar-refractivity contribution in [1.29, 1.82) is 0 Å². The molecule has 0 aliphatic rings. The van der Waals surface area contributed by atoms with Crippen molar-refractivity contribution in [3.8, 4) is 22.6 Å². The van der Waals surface area contributed by atoms with Crippen molar-refractivity contribution in [2.24, 2.45) is 0 Å². The fourth-order valence-electron chi connectivity index (χ4n) is 3.62. The predicted molar refractivity (Wildman–Crippen MR) is 134 cm³/mol. The van der Waals surface area contributed by atoms with Crippen molar-refractivity contribution in [2.45, 2.75) is 0 Å². The Morgan fingerprint density at radius 1 is 0.611 bits per heavy atom. The van der Waals surface area contributed by atoms with Crippen molar-refractivity contribution in [1.82, 2.24) is 0 Å². The summed E-state index contributed by atoms with van der Waals surface area (Å²) >= 11 is 0. The number of anilines is 2. The first-order valence-corrected chi connectivity index (χ1v) is 10.9. The molecule has 0 radical (unpaired) electrons. The van der Waals surface area contributed by atoms with Crippen LogP contribution < -0.4 is 20.1 Å². The van der Waals surface area contributed by atoms with Gasteiger partial charge in [0.05, 0.1) is 36.7 Å². The molecule has 4 rings (SSSR count). The standard InChI is InChI=1S/C28H22F2N2O4/c1-35-25-15-17(11-13-23(25)31-27(33)19-7-3-5-9-21(19)29)18-12-14-24(26(16-18)36-2)32-28(34)20-8-4-6-10-22(20)30/h3-16H,1-2H3,(H,31,33)(H,32,34). The molecule has 0 atom stereocenters. The monoisotopic (exact) mass is 488 g/mol. The molecule has 2 amide bonds. The zero-order valence-electron chi connectivity index (χ0n) is 19.5. The number of ether oxygens (including phenoxy) is 2. The number of rotatable bonds is 7. The highest BCUT2D eigenvalue weighted by atomic mass is 19.1. The van der Waals surface area contributed by atoms with Gasteiger partial charge in [-0.15, -0.1) is 0 Å². The second kappa shape index (κ2) is 10.7. The first-order chi connectivity index (χ1) is 17.4. The Kier molecular flexibility index (Phi) is 7.25. The molecule has 2 N–H and O–H groups in total. The lowest BCUT2D eigenvalue weighted by atomic mass is 10.0. The molecule has 0 saturated heterocycles. The summed E-state index contributed by atoms with van der Waals surface area (Å²) in [5.74, 6) is -1.72. The van der Waals surface area contributed by atoms with Crippen LogP contribution in [0.2, 0.25) is 0 Å². The van der Waals surface area contributed by atoms with Gasteiger partial charge in [0.2, 0.25) is 0 Å². The van der Waals surface area contributed by atoms with Gasteiger partial charge in [-0.2, -0.15) is 0 Å². The maximum atomic E-state index is 14.0. The average Bonchev–Trinajstić information content (AvgIpc) is 2.89. The number of nitrogens with one attached hydrogen (secondary N) is 2. The van der Waals surface area contributed by atoms with Crippen molar-refractivity contribution in [2.75, 3.05) is 24.9 Å². The smallest absolute Gasteiger partial charge is 0.258 e. The fourth-order valence-corrected chi connectivity index (χ4v) is 3.62. The predicted octanol–water partition coefficient (Wildman–Crippen LogP) is 6.15. The number of amides is 2. The van der Waals surface area contributed by atoms with E-state index in [1.165, 1.54) is 50.6 Å². The summed E-state index contributed by atoms with van der Waals surface area (Å²) < 4.78 is 38.8. The summed E-state index contributed by atoms with van der Waals surface area (Å²) in [5.41, 5.74) is 2.05. The number of carbonyl (C=O) groups is 2. The van der Waals surface area contributed by atoms with Gasteiger partial charge < -0.3 is 20.1 Å². The molecule has 0 bridgehead atoms. The topological polar surface area (TPSA) is 76.7 Å². The molecule has 6 nitrogen and oxygen atoms in total. The SMILES string of the molecule is COc1cc(-c2ccc(NC(=O)c3ccccc3F)c(OC)c2)ccc1NC(=O)c1ccccc1F. The minimum Gasteiger partial charge on any atom is -0.495 e. The minimum absolute atomic E-state index is 0.0821. The highest BCUT2D eigenvalue weighted by Gasteiger charge is 2.16. The Balaban J connectivity index is 1.58. The van der Waals surface area contributed by atoms with Gasteiger partial charge in [0.25, 0.3) is 11.8 Å². The summed E-state index contributed by atoms with van der Waals surface area (Å²) in [7, 11) is 2.92. The third-order valence-corrected chi connectivity index (χ3v) is 5.47. The fraction of sp³-hybridized carbons (Fsp3) is 0.0714. The normalized spacial score (nSPS) is 10.4. The third-order valence-electron chi connectivity index (χ3n) is 5.47. The summed E-state index contributed by atoms with van der Waals surface area (Å²) in [6.07, 6.45) is 0. The summed E-state index contributed by atoms with van der Waals surface area (Å²) in [5, 5.41) is 5.33. The van der Waals surface area contributed by atoms with Gasteiger partial charge in [-0.1, -0.05) is 36.4 Å². The molecule has 182 valence electrons. The average molecular weight is 488 g/mol. The van der Waals surface area contributed by atoms with Crippen molar-refractivity contribution >= 4 is 23.2 Å². The van der Waals surface area contributed by atoms with E-state index in [4.69, 9.17) is 9.47 Å². The van der Waals surface area contributed by atoms with Gasteiger partial charge in [0, 0.05) is 0 Å². The van der Waals surface area contributed by atoms with Crippen LogP contribution in [-0.2, 0) is 0 Å². The first-order valence-electron chi connectivity index (χ1n) is 10.9. The molecule has 8 heteroatoms. The van der Waals surface area contributed by atoms with Gasteiger partial charge >= 0.3 is 0 Å². The van der Waals surface area contributed by atoms with E-state index in [9.17, 15) is 18.4 Å². The molecule has 0 aliphatic carbocycles. The minimum atomic E-state index is -0.625. The highest BCUT2D eigenvalue weighted by molar-refractivity contribution is 6.06. The van der Waals surface area contributed by atoms with Crippen molar-refractivity contribution in [3.63, 3.8) is 0 Å². The van der Waals surface area contributed by atoms with Crippen molar-refractivity contribution < 1.29 is 27.8 Å². The Labute approximate surface area is 206 Å². The van der Waals surface area contributed by atoms with E-state index in [1.807, 2.05) is 0 Å². The van der Waals surface area contributed by atoms with Crippen LogP contribution in [0.3, 0.4) is 0 Å². The van der Waals surface area contributed by atoms with E-state index in [-0.39, 0.29) is 11.1 Å². The number of carbonyl (C=O) groups excluding carboxylic acids is 2. The maximum absolute atomic E-state index is 14.0. The van der Waals surface area contributed by atoms with Crippen LogP contribution in [0.1, 0.15) is 20.7 Å². The molecule has 0 unspecified atom stereocenters. The largest absolute Gasteiger partial charge is 0.495 e. The van der Waals surface area contributed by atoms with Crippen LogP contribution in [0.4, 0.5) is 20.2 Å². The summed E-state index contributed by atoms with van der Waals surface area (Å²) in [4.78, 5) is 25.0. The molecule has 0 fully saturated rings. The second-order valence-corrected chi connectivity index (χ2v) is 7.70. The highest BCUT2D eigenvalue weighted by Crippen LogP contribution is 2.35. The molecule has 0 spiro atoms. The van der Waals surface area contributed by atoms with E-state index in [2.05, 4.69) is 10.6 Å². The Morgan fingerprint density at radius 2 is 1.00 bits per heavy atom. The molecular formula is C28H22F2N2O4. The van der Waals surface area contributed by atoms with Crippen molar-refractivity contribution in [3.05, 3.63) is 108 Å². The van der Waals surface area contributed by atoms with Gasteiger partial charge in [-0.25, -0.2) is 8.78 Å². The van der Waals surface area contributed by atoms with Crippen LogP contribution >= 0.6 is 0 Å². The van der Waals surface area contributed by atoms with E-state index in [0.29, 0.717) is 22.9 Å². The number of hydrogen-bond donors (Lipinski definition) is 2. The zero-order valence-corrected chi connectivity index (χ0v) is 19.5. The number of hydrogen-bond acceptors (Lipinski definition) is 4. The van der Waals surface area contributed by atoms with E-state index < -0.39 is 23.4 Å².